The van der Waals surface area contributed by atoms with Gasteiger partial charge in [-0.15, -0.1) is 0 Å². The van der Waals surface area contributed by atoms with Crippen molar-refractivity contribution in [1.29, 1.82) is 10.7 Å². The fourth-order valence-electron chi connectivity index (χ4n) is 1.09. The third-order valence-electron chi connectivity index (χ3n) is 2.13. The number of benzene rings is 1. The number of hydrogen-bond donors (Lipinski definition) is 3. The van der Waals surface area contributed by atoms with Crippen LogP contribution in [-0.4, -0.2) is 5.84 Å². The molecule has 5 N–H and O–H groups in total. The molecule has 1 rings (SSSR count). The van der Waals surface area contributed by atoms with Crippen LogP contribution >= 0.6 is 0 Å². The van der Waals surface area contributed by atoms with E-state index in [0.717, 1.165) is 5.56 Å². The molecule has 4 nitrogen and oxygen atoms in total. The van der Waals surface area contributed by atoms with Gasteiger partial charge in [0.1, 0.15) is 5.84 Å². The fraction of sp³-hybridized carbons (Fsp3) is 0.0909. The summed E-state index contributed by atoms with van der Waals surface area (Å²) in [5.74, 6) is -0.0446. The zero-order chi connectivity index (χ0) is 11.4. The first-order chi connectivity index (χ1) is 7.06. The van der Waals surface area contributed by atoms with Gasteiger partial charge in [-0.1, -0.05) is 12.1 Å². The standard InChI is InChI=1S/C11H12N4/c1-7(11(14)15)10(13)9-4-2-8(6-12)3-5-9/h2-5H,13H2,1H3,(H3,14,15)/b10-7-. The molecule has 0 atom stereocenters. The van der Waals surface area contributed by atoms with Crippen LogP contribution in [0.25, 0.3) is 5.70 Å². The van der Waals surface area contributed by atoms with Crippen molar-refractivity contribution in [3.63, 3.8) is 0 Å². The predicted octanol–water partition coefficient (Wildman–Crippen LogP) is 1.18. The monoisotopic (exact) mass is 200 g/mol. The summed E-state index contributed by atoms with van der Waals surface area (Å²) >= 11 is 0. The molecule has 0 aromatic heterocycles. The molecule has 1 aromatic rings. The zero-order valence-corrected chi connectivity index (χ0v) is 8.41. The van der Waals surface area contributed by atoms with Gasteiger partial charge in [0.25, 0.3) is 0 Å². The van der Waals surface area contributed by atoms with Crippen molar-refractivity contribution < 1.29 is 0 Å². The Labute approximate surface area is 88.3 Å². The van der Waals surface area contributed by atoms with Gasteiger partial charge >= 0.3 is 0 Å². The second kappa shape index (κ2) is 4.29. The number of rotatable bonds is 2. The van der Waals surface area contributed by atoms with E-state index in [1.807, 2.05) is 6.07 Å². The van der Waals surface area contributed by atoms with Crippen molar-refractivity contribution in [3.8, 4) is 6.07 Å². The second-order valence-corrected chi connectivity index (χ2v) is 3.14. The summed E-state index contributed by atoms with van der Waals surface area (Å²) in [6.45, 7) is 1.69. The Bertz CT molecular complexity index is 448. The average Bonchev–Trinajstić information content (AvgIpc) is 2.27. The molecule has 0 aliphatic carbocycles. The molecule has 0 saturated carbocycles. The topological polar surface area (TPSA) is 99.7 Å². The minimum atomic E-state index is -0.0446. The van der Waals surface area contributed by atoms with Crippen LogP contribution in [0.3, 0.4) is 0 Å². The molecular formula is C11H12N4. The Balaban J connectivity index is 3.13. The smallest absolute Gasteiger partial charge is 0.120 e. The van der Waals surface area contributed by atoms with E-state index in [1.165, 1.54) is 0 Å². The van der Waals surface area contributed by atoms with Gasteiger partial charge in [-0.3, -0.25) is 5.41 Å². The minimum Gasteiger partial charge on any atom is -0.398 e. The van der Waals surface area contributed by atoms with E-state index in [9.17, 15) is 0 Å². The molecule has 0 heterocycles. The van der Waals surface area contributed by atoms with E-state index in [1.54, 1.807) is 31.2 Å². The number of nitrogens with one attached hydrogen (secondary N) is 1. The number of amidine groups is 1. The van der Waals surface area contributed by atoms with Gasteiger partial charge in [-0.25, -0.2) is 0 Å². The minimum absolute atomic E-state index is 0.0446. The van der Waals surface area contributed by atoms with E-state index >= 15 is 0 Å². The van der Waals surface area contributed by atoms with Gasteiger partial charge in [-0.2, -0.15) is 5.26 Å². The summed E-state index contributed by atoms with van der Waals surface area (Å²) in [5, 5.41) is 15.9. The van der Waals surface area contributed by atoms with Crippen molar-refractivity contribution in [2.45, 2.75) is 6.92 Å². The molecule has 0 spiro atoms. The number of nitrogens with zero attached hydrogens (tertiary/aromatic N) is 1. The van der Waals surface area contributed by atoms with Gasteiger partial charge in [0.2, 0.25) is 0 Å². The normalized spacial score (nSPS) is 11.5. The highest BCUT2D eigenvalue weighted by Gasteiger charge is 2.03. The molecule has 0 radical (unpaired) electrons. The van der Waals surface area contributed by atoms with Crippen molar-refractivity contribution in [2.75, 3.05) is 0 Å². The molecular weight excluding hydrogens is 188 g/mol. The lowest BCUT2D eigenvalue weighted by Crippen LogP contribution is -2.15. The molecule has 0 saturated heterocycles. The molecule has 1 aromatic carbocycles. The number of nitrogens with two attached hydrogens (primary N) is 2. The van der Waals surface area contributed by atoms with Gasteiger partial charge in [0, 0.05) is 11.3 Å². The summed E-state index contributed by atoms with van der Waals surface area (Å²) in [4.78, 5) is 0. The molecule has 0 aliphatic rings. The Morgan fingerprint density at radius 3 is 2.20 bits per heavy atom. The van der Waals surface area contributed by atoms with Crippen LogP contribution in [0, 0.1) is 16.7 Å². The molecule has 0 aliphatic heterocycles. The van der Waals surface area contributed by atoms with Crippen LogP contribution in [0.15, 0.2) is 29.8 Å². The highest BCUT2D eigenvalue weighted by atomic mass is 14.7. The van der Waals surface area contributed by atoms with E-state index in [4.69, 9.17) is 22.1 Å². The van der Waals surface area contributed by atoms with E-state index in [-0.39, 0.29) is 5.84 Å². The maximum atomic E-state index is 8.62. The fourth-order valence-corrected chi connectivity index (χ4v) is 1.09. The van der Waals surface area contributed by atoms with Crippen molar-refractivity contribution in [3.05, 3.63) is 41.0 Å². The van der Waals surface area contributed by atoms with E-state index in [2.05, 4.69) is 0 Å². The van der Waals surface area contributed by atoms with Crippen LogP contribution in [0.4, 0.5) is 0 Å². The zero-order valence-electron chi connectivity index (χ0n) is 8.41. The maximum absolute atomic E-state index is 8.62. The average molecular weight is 200 g/mol. The summed E-state index contributed by atoms with van der Waals surface area (Å²) < 4.78 is 0. The predicted molar refractivity (Wildman–Crippen MR) is 59.9 cm³/mol. The first-order valence-electron chi connectivity index (χ1n) is 4.37. The first-order valence-corrected chi connectivity index (χ1v) is 4.37. The quantitative estimate of drug-likeness (QED) is 0.493. The molecule has 0 bridgehead atoms. The second-order valence-electron chi connectivity index (χ2n) is 3.14. The lowest BCUT2D eigenvalue weighted by Gasteiger charge is -2.06. The molecule has 15 heavy (non-hydrogen) atoms. The van der Waals surface area contributed by atoms with Crippen LogP contribution in [0.2, 0.25) is 0 Å². The Kier molecular flexibility index (Phi) is 3.09. The van der Waals surface area contributed by atoms with Gasteiger partial charge in [-0.05, 0) is 24.6 Å². The summed E-state index contributed by atoms with van der Waals surface area (Å²) in [6.07, 6.45) is 0. The Hall–Kier alpha value is -2.28. The van der Waals surface area contributed by atoms with Crippen molar-refractivity contribution >= 4 is 11.5 Å². The molecule has 0 unspecified atom stereocenters. The molecule has 4 heteroatoms. The van der Waals surface area contributed by atoms with Crippen LogP contribution < -0.4 is 11.5 Å². The van der Waals surface area contributed by atoms with Crippen molar-refractivity contribution in [1.82, 2.24) is 0 Å². The lowest BCUT2D eigenvalue weighted by molar-refractivity contribution is 1.36. The van der Waals surface area contributed by atoms with Gasteiger partial charge in [0.15, 0.2) is 0 Å². The lowest BCUT2D eigenvalue weighted by atomic mass is 10.1. The third-order valence-corrected chi connectivity index (χ3v) is 2.13. The van der Waals surface area contributed by atoms with Crippen LogP contribution in [0.1, 0.15) is 18.1 Å². The molecule has 0 fully saturated rings. The SMILES string of the molecule is C/C(C(=N)N)=C(/N)c1ccc(C#N)cc1. The molecule has 76 valence electrons. The Morgan fingerprint density at radius 2 is 1.80 bits per heavy atom. The highest BCUT2D eigenvalue weighted by Crippen LogP contribution is 2.13. The maximum Gasteiger partial charge on any atom is 0.120 e. The van der Waals surface area contributed by atoms with Crippen LogP contribution in [-0.2, 0) is 0 Å². The summed E-state index contributed by atoms with van der Waals surface area (Å²) in [5.41, 5.74) is 13.5. The van der Waals surface area contributed by atoms with Gasteiger partial charge in [0.05, 0.1) is 11.6 Å². The molecule has 0 amide bonds. The largest absolute Gasteiger partial charge is 0.398 e. The summed E-state index contributed by atoms with van der Waals surface area (Å²) in [7, 11) is 0. The first kappa shape index (κ1) is 10.8. The van der Waals surface area contributed by atoms with Crippen molar-refractivity contribution in [2.24, 2.45) is 11.5 Å². The highest BCUT2D eigenvalue weighted by molar-refractivity contribution is 6.00. The van der Waals surface area contributed by atoms with Gasteiger partial charge < -0.3 is 11.5 Å². The Morgan fingerprint density at radius 1 is 1.27 bits per heavy atom. The van der Waals surface area contributed by atoms with Crippen LogP contribution in [0.5, 0.6) is 0 Å². The van der Waals surface area contributed by atoms with E-state index in [0.29, 0.717) is 16.8 Å². The summed E-state index contributed by atoms with van der Waals surface area (Å²) in [6, 6.07) is 8.85. The van der Waals surface area contributed by atoms with E-state index < -0.39 is 0 Å². The number of hydrogen-bond acceptors (Lipinski definition) is 3. The third kappa shape index (κ3) is 2.35. The number of nitriles is 1.